The van der Waals surface area contributed by atoms with Crippen molar-refractivity contribution in [1.29, 1.82) is 5.26 Å². The van der Waals surface area contributed by atoms with Crippen LogP contribution >= 0.6 is 11.3 Å². The molecule has 28 heavy (non-hydrogen) atoms. The van der Waals surface area contributed by atoms with Crippen molar-refractivity contribution in [3.63, 3.8) is 0 Å². The maximum atomic E-state index is 10.9. The first-order valence-corrected chi connectivity index (χ1v) is 9.38. The average Bonchev–Trinajstić information content (AvgIpc) is 3.27. The number of rotatable bonds is 4. The molecule has 0 fully saturated rings. The number of fused-ring (bicyclic) bond motifs is 2. The molecule has 7 heteroatoms. The lowest BCUT2D eigenvalue weighted by molar-refractivity contribution is -0.131. The Morgan fingerprint density at radius 1 is 1.32 bits per heavy atom. The van der Waals surface area contributed by atoms with E-state index >= 15 is 0 Å². The molecule has 6 nitrogen and oxygen atoms in total. The number of nitrogens with one attached hydrogen (secondary N) is 2. The van der Waals surface area contributed by atoms with Gasteiger partial charge in [0.2, 0.25) is 0 Å². The molecule has 0 unspecified atom stereocenters. The van der Waals surface area contributed by atoms with Crippen LogP contribution in [-0.4, -0.2) is 21.0 Å². The Hall–Kier alpha value is -3.63. The summed E-state index contributed by atoms with van der Waals surface area (Å²) in [7, 11) is 0. The summed E-state index contributed by atoms with van der Waals surface area (Å²) >= 11 is 1.40. The van der Waals surface area contributed by atoms with Crippen molar-refractivity contribution in [2.45, 2.75) is 13.8 Å². The van der Waals surface area contributed by atoms with E-state index in [1.54, 1.807) is 12.3 Å². The Bertz CT molecular complexity index is 1310. The molecule has 0 saturated heterocycles. The molecule has 0 saturated carbocycles. The number of carboxylic acids is 1. The molecule has 138 valence electrons. The number of aliphatic carboxylic acids is 1. The first-order chi connectivity index (χ1) is 13.5. The van der Waals surface area contributed by atoms with Gasteiger partial charge >= 0.3 is 5.97 Å². The number of pyridine rings is 1. The maximum Gasteiger partial charge on any atom is 0.328 e. The summed E-state index contributed by atoms with van der Waals surface area (Å²) in [5.41, 5.74) is 5.06. The van der Waals surface area contributed by atoms with E-state index in [-0.39, 0.29) is 0 Å². The molecular weight excluding hydrogens is 372 g/mol. The molecule has 0 aliphatic heterocycles. The van der Waals surface area contributed by atoms with Gasteiger partial charge in [0.05, 0.1) is 11.3 Å². The number of H-pyrrole nitrogens is 1. The number of aromatic nitrogens is 2. The molecule has 3 heterocycles. The highest BCUT2D eigenvalue weighted by Crippen LogP contribution is 2.39. The zero-order valence-corrected chi connectivity index (χ0v) is 16.0. The molecule has 4 aromatic rings. The number of hydrogen-bond donors (Lipinski definition) is 3. The van der Waals surface area contributed by atoms with Crippen LogP contribution in [0.1, 0.15) is 21.6 Å². The number of aromatic amines is 1. The first-order valence-electron chi connectivity index (χ1n) is 8.56. The van der Waals surface area contributed by atoms with Gasteiger partial charge in [-0.3, -0.25) is 0 Å². The van der Waals surface area contributed by atoms with Crippen LogP contribution in [0.5, 0.6) is 0 Å². The Kier molecular flexibility index (Phi) is 4.34. The summed E-state index contributed by atoms with van der Waals surface area (Å²) in [5.74, 6) is -1.00. The average molecular weight is 388 g/mol. The van der Waals surface area contributed by atoms with E-state index in [1.807, 2.05) is 38.2 Å². The van der Waals surface area contributed by atoms with Crippen LogP contribution in [0, 0.1) is 25.2 Å². The van der Waals surface area contributed by atoms with E-state index < -0.39 is 5.97 Å². The Balaban J connectivity index is 1.90. The zero-order valence-electron chi connectivity index (χ0n) is 15.2. The van der Waals surface area contributed by atoms with Crippen molar-refractivity contribution < 1.29 is 9.90 Å². The summed E-state index contributed by atoms with van der Waals surface area (Å²) in [4.78, 5) is 20.0. The summed E-state index contributed by atoms with van der Waals surface area (Å²) < 4.78 is 0. The van der Waals surface area contributed by atoms with E-state index in [0.717, 1.165) is 48.9 Å². The van der Waals surface area contributed by atoms with E-state index in [2.05, 4.69) is 21.4 Å². The van der Waals surface area contributed by atoms with Crippen LogP contribution < -0.4 is 5.32 Å². The largest absolute Gasteiger partial charge is 0.478 e. The predicted octanol–water partition coefficient (Wildman–Crippen LogP) is 5.11. The van der Waals surface area contributed by atoms with Gasteiger partial charge in [-0.05, 0) is 49.2 Å². The monoisotopic (exact) mass is 388 g/mol. The molecule has 0 aliphatic carbocycles. The zero-order chi connectivity index (χ0) is 19.8. The number of carbonyl (C=O) groups is 1. The van der Waals surface area contributed by atoms with Gasteiger partial charge in [-0.25, -0.2) is 9.78 Å². The maximum absolute atomic E-state index is 10.9. The molecular formula is C21H16N4O2S. The summed E-state index contributed by atoms with van der Waals surface area (Å²) in [5, 5.41) is 23.9. The quantitative estimate of drug-likeness (QED) is 0.422. The van der Waals surface area contributed by atoms with Crippen LogP contribution in [0.15, 0.2) is 36.7 Å². The fourth-order valence-electron chi connectivity index (χ4n) is 3.30. The molecule has 0 amide bonds. The van der Waals surface area contributed by atoms with E-state index in [9.17, 15) is 10.1 Å². The van der Waals surface area contributed by atoms with E-state index in [4.69, 9.17) is 5.11 Å². The second-order valence-electron chi connectivity index (χ2n) is 6.40. The van der Waals surface area contributed by atoms with Gasteiger partial charge in [0.15, 0.2) is 0 Å². The molecule has 0 aliphatic rings. The van der Waals surface area contributed by atoms with Gasteiger partial charge < -0.3 is 15.4 Å². The SMILES string of the molecule is Cc1c(Nc2c(C#N)cnc3sc(C=CC(=O)O)c(C)c23)ccc2[nH]ccc12. The molecule has 0 spiro atoms. The minimum atomic E-state index is -1.00. The molecule has 3 aromatic heterocycles. The topological polar surface area (TPSA) is 102 Å². The number of nitriles is 1. The summed E-state index contributed by atoms with van der Waals surface area (Å²) in [6.07, 6.45) is 6.13. The van der Waals surface area contributed by atoms with Crippen molar-refractivity contribution in [3.05, 3.63) is 58.2 Å². The third kappa shape index (κ3) is 2.90. The van der Waals surface area contributed by atoms with Crippen molar-refractivity contribution in [1.82, 2.24) is 9.97 Å². The summed E-state index contributed by atoms with van der Waals surface area (Å²) in [6.45, 7) is 3.95. The molecule has 1 aromatic carbocycles. The Morgan fingerprint density at radius 3 is 2.89 bits per heavy atom. The number of hydrogen-bond acceptors (Lipinski definition) is 5. The second-order valence-corrected chi connectivity index (χ2v) is 7.43. The lowest BCUT2D eigenvalue weighted by Gasteiger charge is -2.13. The number of thiophene rings is 1. The normalized spacial score (nSPS) is 11.3. The fourth-order valence-corrected chi connectivity index (χ4v) is 4.36. The standard InChI is InChI=1S/C21H16N4O2S/c1-11-14-7-8-23-16(14)4-3-15(11)25-20-13(9-22)10-24-21-19(20)12(2)17(28-21)5-6-18(26)27/h3-8,10,23H,1-2H3,(H,24,25)(H,26,27). The van der Waals surface area contributed by atoms with Crippen LogP contribution in [0.2, 0.25) is 0 Å². The summed E-state index contributed by atoms with van der Waals surface area (Å²) in [6, 6.07) is 8.21. The molecule has 0 radical (unpaired) electrons. The van der Waals surface area contributed by atoms with Gasteiger partial charge in [-0.15, -0.1) is 11.3 Å². The first kappa shape index (κ1) is 17.8. The second kappa shape index (κ2) is 6.83. The van der Waals surface area contributed by atoms with Crippen molar-refractivity contribution >= 4 is 55.9 Å². The van der Waals surface area contributed by atoms with Gasteiger partial charge in [0, 0.05) is 45.3 Å². The Morgan fingerprint density at radius 2 is 2.14 bits per heavy atom. The molecule has 4 rings (SSSR count). The minimum absolute atomic E-state index is 0.440. The van der Waals surface area contributed by atoms with Crippen LogP contribution in [-0.2, 0) is 4.79 Å². The highest BCUT2D eigenvalue weighted by atomic mass is 32.1. The molecule has 0 bridgehead atoms. The van der Waals surface area contributed by atoms with Crippen molar-refractivity contribution in [3.8, 4) is 6.07 Å². The molecule has 0 atom stereocenters. The van der Waals surface area contributed by atoms with Gasteiger partial charge in [0.25, 0.3) is 0 Å². The predicted molar refractivity (Wildman–Crippen MR) is 112 cm³/mol. The van der Waals surface area contributed by atoms with E-state index in [0.29, 0.717) is 11.3 Å². The number of aryl methyl sites for hydroxylation is 2. The third-order valence-electron chi connectivity index (χ3n) is 4.76. The van der Waals surface area contributed by atoms with Crippen LogP contribution in [0.4, 0.5) is 11.4 Å². The fraction of sp³-hybridized carbons (Fsp3) is 0.0952. The number of carboxylic acid groups (broad SMARTS) is 1. The third-order valence-corrected chi connectivity index (χ3v) is 5.92. The van der Waals surface area contributed by atoms with Gasteiger partial charge in [-0.1, -0.05) is 0 Å². The smallest absolute Gasteiger partial charge is 0.328 e. The van der Waals surface area contributed by atoms with Gasteiger partial charge in [-0.2, -0.15) is 5.26 Å². The van der Waals surface area contributed by atoms with Crippen LogP contribution in [0.3, 0.4) is 0 Å². The van der Waals surface area contributed by atoms with Gasteiger partial charge in [0.1, 0.15) is 10.9 Å². The highest BCUT2D eigenvalue weighted by Gasteiger charge is 2.17. The lowest BCUT2D eigenvalue weighted by atomic mass is 10.1. The Labute approximate surface area is 164 Å². The highest BCUT2D eigenvalue weighted by molar-refractivity contribution is 7.19. The van der Waals surface area contributed by atoms with E-state index in [1.165, 1.54) is 11.3 Å². The van der Waals surface area contributed by atoms with Crippen molar-refractivity contribution in [2.75, 3.05) is 5.32 Å². The van der Waals surface area contributed by atoms with Crippen molar-refractivity contribution in [2.24, 2.45) is 0 Å². The number of benzene rings is 1. The van der Waals surface area contributed by atoms with Crippen LogP contribution in [0.25, 0.3) is 27.2 Å². The number of anilines is 2. The molecule has 3 N–H and O–H groups in total. The lowest BCUT2D eigenvalue weighted by Crippen LogP contribution is -1.98. The number of nitrogens with zero attached hydrogens (tertiary/aromatic N) is 2. The minimum Gasteiger partial charge on any atom is -0.478 e.